The zero-order valence-electron chi connectivity index (χ0n) is 26.0. The van der Waals surface area contributed by atoms with Crippen molar-refractivity contribution in [3.63, 3.8) is 0 Å². The third-order valence-corrected chi connectivity index (χ3v) is 7.60. The number of benzene rings is 1. The minimum absolute atomic E-state index is 0.231. The number of carbonyl (C=O) groups excluding carboxylic acids is 2. The van der Waals surface area contributed by atoms with Gasteiger partial charge in [-0.2, -0.15) is 0 Å². The maximum atomic E-state index is 12.4. The van der Waals surface area contributed by atoms with Crippen molar-refractivity contribution in [2.45, 2.75) is 39.7 Å². The van der Waals surface area contributed by atoms with Crippen molar-refractivity contribution in [3.05, 3.63) is 78.9 Å². The number of piperazine rings is 1. The van der Waals surface area contributed by atoms with E-state index in [1.807, 2.05) is 87.9 Å². The van der Waals surface area contributed by atoms with Crippen molar-refractivity contribution in [1.82, 2.24) is 24.4 Å². The van der Waals surface area contributed by atoms with E-state index in [0.717, 1.165) is 38.7 Å². The van der Waals surface area contributed by atoms with Gasteiger partial charge in [-0.1, -0.05) is 12.1 Å². The number of nitrogens with zero attached hydrogens (tertiary/aromatic N) is 6. The number of hydrogen-bond donors (Lipinski definition) is 1. The summed E-state index contributed by atoms with van der Waals surface area (Å²) in [6.45, 7) is 10.4. The molecule has 0 radical (unpaired) electrons. The quantitative estimate of drug-likeness (QED) is 0.227. The highest BCUT2D eigenvalue weighted by molar-refractivity contribution is 6.09. The maximum absolute atomic E-state index is 12.4. The molecule has 6 rings (SSSR count). The van der Waals surface area contributed by atoms with Gasteiger partial charge in [0.15, 0.2) is 0 Å². The van der Waals surface area contributed by atoms with Crippen LogP contribution in [0, 0.1) is 0 Å². The number of carbonyl (C=O) groups is 2. The van der Waals surface area contributed by atoms with Crippen molar-refractivity contribution in [3.8, 4) is 5.69 Å². The first kappa shape index (κ1) is 29.9. The molecule has 1 aliphatic rings. The van der Waals surface area contributed by atoms with Gasteiger partial charge in [-0.15, -0.1) is 0 Å². The van der Waals surface area contributed by atoms with Crippen molar-refractivity contribution in [2.75, 3.05) is 43.0 Å². The second-order valence-corrected chi connectivity index (χ2v) is 11.9. The third kappa shape index (κ3) is 6.67. The number of esters is 1. The first-order valence-electron chi connectivity index (χ1n) is 15.1. The summed E-state index contributed by atoms with van der Waals surface area (Å²) in [6, 6.07) is 15.9. The first-order chi connectivity index (χ1) is 21.7. The largest absolute Gasteiger partial charge is 0.466 e. The lowest BCUT2D eigenvalue weighted by Gasteiger charge is -2.36. The van der Waals surface area contributed by atoms with E-state index in [1.54, 1.807) is 18.0 Å². The van der Waals surface area contributed by atoms with Gasteiger partial charge in [-0.3, -0.25) is 9.78 Å². The average molecular weight is 608 g/mol. The predicted molar refractivity (Wildman–Crippen MR) is 174 cm³/mol. The van der Waals surface area contributed by atoms with E-state index in [2.05, 4.69) is 29.7 Å². The second kappa shape index (κ2) is 12.4. The topological polar surface area (TPSA) is 115 Å². The Kier molecular flexibility index (Phi) is 8.25. The van der Waals surface area contributed by atoms with Crippen LogP contribution in [0.25, 0.3) is 27.5 Å². The molecule has 11 heteroatoms. The molecule has 1 amide bonds. The molecule has 5 heterocycles. The van der Waals surface area contributed by atoms with Crippen LogP contribution in [-0.2, 0) is 20.7 Å². The summed E-state index contributed by atoms with van der Waals surface area (Å²) in [5.41, 5.74) is 4.24. The lowest BCUT2D eigenvalue weighted by Crippen LogP contribution is -2.50. The van der Waals surface area contributed by atoms with Crippen LogP contribution >= 0.6 is 0 Å². The van der Waals surface area contributed by atoms with E-state index in [-0.39, 0.29) is 18.5 Å². The summed E-state index contributed by atoms with van der Waals surface area (Å²) >= 11 is 0. The molecule has 0 spiro atoms. The number of rotatable bonds is 7. The van der Waals surface area contributed by atoms with Gasteiger partial charge < -0.3 is 29.2 Å². The Morgan fingerprint density at radius 3 is 2.27 bits per heavy atom. The van der Waals surface area contributed by atoms with Gasteiger partial charge in [-0.25, -0.2) is 14.8 Å². The molecule has 0 unspecified atom stereocenters. The average Bonchev–Trinajstić information content (AvgIpc) is 3.35. The van der Waals surface area contributed by atoms with Gasteiger partial charge in [0.2, 0.25) is 0 Å². The fourth-order valence-electron chi connectivity index (χ4n) is 5.50. The van der Waals surface area contributed by atoms with Gasteiger partial charge in [0.1, 0.15) is 17.2 Å². The molecule has 1 aromatic carbocycles. The van der Waals surface area contributed by atoms with Crippen LogP contribution in [-0.4, -0.2) is 74.9 Å². The summed E-state index contributed by atoms with van der Waals surface area (Å²) in [5.74, 6) is 1.09. The normalized spacial score (nSPS) is 13.7. The van der Waals surface area contributed by atoms with Gasteiger partial charge in [-0.05, 0) is 63.6 Å². The molecule has 232 valence electrons. The zero-order chi connectivity index (χ0) is 31.6. The fraction of sp³-hybridized carbons (Fsp3) is 0.324. The van der Waals surface area contributed by atoms with Gasteiger partial charge in [0.05, 0.1) is 42.1 Å². The highest BCUT2D eigenvalue weighted by Crippen LogP contribution is 2.33. The van der Waals surface area contributed by atoms with Crippen molar-refractivity contribution in [1.29, 1.82) is 0 Å². The minimum atomic E-state index is -0.508. The van der Waals surface area contributed by atoms with Crippen LogP contribution < -0.4 is 10.2 Å². The Labute approximate surface area is 261 Å². The summed E-state index contributed by atoms with van der Waals surface area (Å²) in [7, 11) is 0. The fourth-order valence-corrected chi connectivity index (χ4v) is 5.50. The van der Waals surface area contributed by atoms with E-state index >= 15 is 0 Å². The number of ether oxygens (including phenoxy) is 2. The Morgan fingerprint density at radius 2 is 1.58 bits per heavy atom. The Bertz CT molecular complexity index is 1820. The van der Waals surface area contributed by atoms with Gasteiger partial charge >= 0.3 is 12.1 Å². The van der Waals surface area contributed by atoms with E-state index in [4.69, 9.17) is 9.47 Å². The van der Waals surface area contributed by atoms with Crippen molar-refractivity contribution < 1.29 is 19.1 Å². The van der Waals surface area contributed by atoms with E-state index in [0.29, 0.717) is 44.4 Å². The number of aromatic nitrogens is 4. The SMILES string of the molecule is CCOC(=O)Cc1ccc(-n2c3cnccc3c3cnc(Nc4ccc(N5CCN(C(=O)OC(C)(C)C)CC5)cn4)cc32)cc1. The highest BCUT2D eigenvalue weighted by atomic mass is 16.6. The molecular formula is C34H37N7O4. The van der Waals surface area contributed by atoms with Crippen molar-refractivity contribution in [2.24, 2.45) is 0 Å². The molecule has 0 atom stereocenters. The molecule has 5 aromatic rings. The van der Waals surface area contributed by atoms with Crippen LogP contribution in [0.1, 0.15) is 33.3 Å². The number of amides is 1. The number of nitrogens with one attached hydrogen (secondary N) is 1. The lowest BCUT2D eigenvalue weighted by atomic mass is 10.1. The molecule has 1 aliphatic heterocycles. The number of fused-ring (bicyclic) bond motifs is 3. The minimum Gasteiger partial charge on any atom is -0.466 e. The van der Waals surface area contributed by atoms with Crippen LogP contribution in [0.2, 0.25) is 0 Å². The van der Waals surface area contributed by atoms with Gasteiger partial charge in [0, 0.05) is 61.1 Å². The summed E-state index contributed by atoms with van der Waals surface area (Å²) in [5, 5.41) is 5.39. The monoisotopic (exact) mass is 607 g/mol. The molecule has 1 fully saturated rings. The molecule has 1 N–H and O–H groups in total. The van der Waals surface area contributed by atoms with Crippen molar-refractivity contribution >= 4 is 51.2 Å². The number of anilines is 3. The maximum Gasteiger partial charge on any atom is 0.410 e. The first-order valence-corrected chi connectivity index (χ1v) is 15.1. The standard InChI is InChI=1S/C34H37N7O4/c1-5-44-32(42)18-23-6-8-24(9-7-23)41-28-19-31(37-21-27(28)26-12-13-35-22-29(26)41)38-30-11-10-25(20-36-30)39-14-16-40(17-15-39)33(43)45-34(2,3)4/h6-13,19-22H,5,14-18H2,1-4H3,(H,36,37,38). The van der Waals surface area contributed by atoms with E-state index in [9.17, 15) is 9.59 Å². The Hall–Kier alpha value is -5.19. The number of pyridine rings is 3. The highest BCUT2D eigenvalue weighted by Gasteiger charge is 2.26. The molecule has 0 saturated carbocycles. The molecule has 1 saturated heterocycles. The molecule has 0 aliphatic carbocycles. The predicted octanol–water partition coefficient (Wildman–Crippen LogP) is 5.88. The van der Waals surface area contributed by atoms with E-state index < -0.39 is 5.60 Å². The Morgan fingerprint density at radius 1 is 0.844 bits per heavy atom. The zero-order valence-corrected chi connectivity index (χ0v) is 26.0. The second-order valence-electron chi connectivity index (χ2n) is 11.9. The molecule has 45 heavy (non-hydrogen) atoms. The summed E-state index contributed by atoms with van der Waals surface area (Å²) in [4.78, 5) is 42.1. The van der Waals surface area contributed by atoms with Gasteiger partial charge in [0.25, 0.3) is 0 Å². The van der Waals surface area contributed by atoms with Crippen LogP contribution in [0.4, 0.5) is 22.1 Å². The molecule has 0 bridgehead atoms. The summed E-state index contributed by atoms with van der Waals surface area (Å²) < 4.78 is 12.8. The van der Waals surface area contributed by atoms with Crippen LogP contribution in [0.3, 0.4) is 0 Å². The Balaban J connectivity index is 1.19. The lowest BCUT2D eigenvalue weighted by molar-refractivity contribution is -0.142. The number of hydrogen-bond acceptors (Lipinski definition) is 9. The molecule has 11 nitrogen and oxygen atoms in total. The smallest absolute Gasteiger partial charge is 0.410 e. The third-order valence-electron chi connectivity index (χ3n) is 7.60. The van der Waals surface area contributed by atoms with Crippen LogP contribution in [0.15, 0.2) is 73.3 Å². The van der Waals surface area contributed by atoms with E-state index in [1.165, 1.54) is 0 Å². The summed E-state index contributed by atoms with van der Waals surface area (Å²) in [6.07, 6.45) is 7.29. The molecular weight excluding hydrogens is 570 g/mol. The van der Waals surface area contributed by atoms with Crippen LogP contribution in [0.5, 0.6) is 0 Å². The molecule has 4 aromatic heterocycles.